The zero-order chi connectivity index (χ0) is 9.68. The molecule has 0 aliphatic rings. The van der Waals surface area contributed by atoms with Crippen LogP contribution in [0.4, 0.5) is 0 Å². The van der Waals surface area contributed by atoms with Crippen LogP contribution in [0.2, 0.25) is 0 Å². The number of halogens is 1. The Kier molecular flexibility index (Phi) is 4.06. The summed E-state index contributed by atoms with van der Waals surface area (Å²) in [5, 5.41) is 9.13. The van der Waals surface area contributed by atoms with Crippen molar-refractivity contribution in [1.82, 2.24) is 0 Å². The molecular formula is C10H13ClO2. The van der Waals surface area contributed by atoms with Crippen LogP contribution in [0.3, 0.4) is 0 Å². The van der Waals surface area contributed by atoms with Gasteiger partial charge in [0.2, 0.25) is 0 Å². The molecule has 0 amide bonds. The molecule has 0 saturated carbocycles. The minimum atomic E-state index is -0.595. The highest BCUT2D eigenvalue weighted by Crippen LogP contribution is 2.12. The minimum absolute atomic E-state index is 0.200. The Hall–Kier alpha value is -0.730. The van der Waals surface area contributed by atoms with Crippen LogP contribution in [-0.4, -0.2) is 23.7 Å². The molecule has 0 saturated heterocycles. The second-order valence-electron chi connectivity index (χ2n) is 2.94. The fourth-order valence-electron chi connectivity index (χ4n) is 0.942. The lowest BCUT2D eigenvalue weighted by Gasteiger charge is -2.09. The summed E-state index contributed by atoms with van der Waals surface area (Å²) in [7, 11) is 0. The summed E-state index contributed by atoms with van der Waals surface area (Å²) < 4.78 is 5.31. The maximum atomic E-state index is 9.13. The van der Waals surface area contributed by atoms with Crippen LogP contribution in [0.5, 0.6) is 5.75 Å². The van der Waals surface area contributed by atoms with Gasteiger partial charge in [-0.05, 0) is 24.6 Å². The van der Waals surface area contributed by atoms with Gasteiger partial charge in [-0.1, -0.05) is 12.1 Å². The number of benzene rings is 1. The van der Waals surface area contributed by atoms with E-state index in [4.69, 9.17) is 21.4 Å². The molecule has 0 spiro atoms. The largest absolute Gasteiger partial charge is 0.491 e. The van der Waals surface area contributed by atoms with Gasteiger partial charge >= 0.3 is 0 Å². The van der Waals surface area contributed by atoms with E-state index in [1.54, 1.807) is 0 Å². The van der Waals surface area contributed by atoms with E-state index in [2.05, 4.69) is 0 Å². The van der Waals surface area contributed by atoms with Crippen LogP contribution in [0.1, 0.15) is 5.56 Å². The molecule has 1 aromatic carbocycles. The van der Waals surface area contributed by atoms with Crippen molar-refractivity contribution in [3.8, 4) is 5.75 Å². The molecule has 0 unspecified atom stereocenters. The fraction of sp³-hybridized carbons (Fsp3) is 0.400. The van der Waals surface area contributed by atoms with Crippen molar-refractivity contribution in [2.45, 2.75) is 13.0 Å². The highest BCUT2D eigenvalue weighted by atomic mass is 35.5. The molecule has 13 heavy (non-hydrogen) atoms. The van der Waals surface area contributed by atoms with E-state index in [9.17, 15) is 0 Å². The van der Waals surface area contributed by atoms with Crippen LogP contribution in [0.15, 0.2) is 24.3 Å². The van der Waals surface area contributed by atoms with Gasteiger partial charge < -0.3 is 9.84 Å². The van der Waals surface area contributed by atoms with Gasteiger partial charge in [0.25, 0.3) is 0 Å². The lowest BCUT2D eigenvalue weighted by Crippen LogP contribution is -2.18. The molecule has 0 aliphatic carbocycles. The van der Waals surface area contributed by atoms with Crippen molar-refractivity contribution in [1.29, 1.82) is 0 Å². The van der Waals surface area contributed by atoms with Crippen LogP contribution in [0.25, 0.3) is 0 Å². The smallest absolute Gasteiger partial charge is 0.119 e. The molecular weight excluding hydrogens is 188 g/mol. The van der Waals surface area contributed by atoms with Gasteiger partial charge in [0.15, 0.2) is 0 Å². The molecule has 0 aliphatic heterocycles. The molecule has 0 heterocycles. The number of rotatable bonds is 4. The Morgan fingerprint density at radius 2 is 2.31 bits per heavy atom. The average Bonchev–Trinajstić information content (AvgIpc) is 2.14. The van der Waals surface area contributed by atoms with Crippen molar-refractivity contribution >= 4 is 11.6 Å². The highest BCUT2D eigenvalue weighted by molar-refractivity contribution is 6.18. The first kappa shape index (κ1) is 10.4. The van der Waals surface area contributed by atoms with Gasteiger partial charge in [0.05, 0.1) is 5.88 Å². The number of hydrogen-bond acceptors (Lipinski definition) is 2. The van der Waals surface area contributed by atoms with Gasteiger partial charge in [-0.25, -0.2) is 0 Å². The topological polar surface area (TPSA) is 29.5 Å². The summed E-state index contributed by atoms with van der Waals surface area (Å²) >= 11 is 5.42. The van der Waals surface area contributed by atoms with Gasteiger partial charge in [0.1, 0.15) is 18.5 Å². The lowest BCUT2D eigenvalue weighted by atomic mass is 10.2. The van der Waals surface area contributed by atoms with E-state index < -0.39 is 6.10 Å². The Morgan fingerprint density at radius 3 is 2.92 bits per heavy atom. The molecule has 1 atom stereocenters. The molecule has 0 aromatic heterocycles. The Morgan fingerprint density at radius 1 is 1.54 bits per heavy atom. The van der Waals surface area contributed by atoms with Crippen molar-refractivity contribution in [2.75, 3.05) is 12.5 Å². The third-order valence-corrected chi connectivity index (χ3v) is 1.97. The minimum Gasteiger partial charge on any atom is -0.491 e. The standard InChI is InChI=1S/C10H13ClO2/c1-8-3-2-4-10(5-8)13-7-9(12)6-11/h2-5,9,12H,6-7H2,1H3/t9-/m1/s1. The first-order valence-corrected chi connectivity index (χ1v) is 4.69. The van der Waals surface area contributed by atoms with Gasteiger partial charge in [-0.3, -0.25) is 0 Å². The summed E-state index contributed by atoms with van der Waals surface area (Å²) in [6.07, 6.45) is -0.595. The van der Waals surface area contributed by atoms with Crippen molar-refractivity contribution in [3.05, 3.63) is 29.8 Å². The van der Waals surface area contributed by atoms with Gasteiger partial charge in [0, 0.05) is 0 Å². The quantitative estimate of drug-likeness (QED) is 0.754. The first-order chi connectivity index (χ1) is 6.22. The Labute approximate surface area is 83.1 Å². The highest BCUT2D eigenvalue weighted by Gasteiger charge is 2.02. The van der Waals surface area contributed by atoms with Crippen LogP contribution >= 0.6 is 11.6 Å². The summed E-state index contributed by atoms with van der Waals surface area (Å²) in [4.78, 5) is 0. The SMILES string of the molecule is Cc1cccc(OC[C@H](O)CCl)c1. The predicted octanol–water partition coefficient (Wildman–Crippen LogP) is 1.97. The Bertz CT molecular complexity index is 263. The summed E-state index contributed by atoms with van der Waals surface area (Å²) in [6.45, 7) is 2.23. The van der Waals surface area contributed by atoms with Crippen molar-refractivity contribution in [3.63, 3.8) is 0 Å². The molecule has 1 N–H and O–H groups in total. The number of hydrogen-bond donors (Lipinski definition) is 1. The molecule has 3 heteroatoms. The third kappa shape index (κ3) is 3.66. The van der Waals surface area contributed by atoms with Crippen LogP contribution in [0, 0.1) is 6.92 Å². The summed E-state index contributed by atoms with van der Waals surface area (Å²) in [6, 6.07) is 7.68. The second-order valence-corrected chi connectivity index (χ2v) is 3.24. The number of alkyl halides is 1. The van der Waals surface area contributed by atoms with Gasteiger partial charge in [-0.2, -0.15) is 0 Å². The lowest BCUT2D eigenvalue weighted by molar-refractivity contribution is 0.125. The zero-order valence-electron chi connectivity index (χ0n) is 7.53. The maximum Gasteiger partial charge on any atom is 0.119 e. The van der Waals surface area contributed by atoms with Crippen LogP contribution in [-0.2, 0) is 0 Å². The summed E-state index contributed by atoms with van der Waals surface area (Å²) in [5.41, 5.74) is 1.14. The number of ether oxygens (including phenoxy) is 1. The molecule has 0 fully saturated rings. The molecule has 72 valence electrons. The second kappa shape index (κ2) is 5.10. The van der Waals surface area contributed by atoms with Crippen LogP contribution < -0.4 is 4.74 Å². The number of aryl methyl sites for hydroxylation is 1. The molecule has 0 bridgehead atoms. The molecule has 2 nitrogen and oxygen atoms in total. The Balaban J connectivity index is 2.45. The van der Waals surface area contributed by atoms with Gasteiger partial charge in [-0.15, -0.1) is 11.6 Å². The van der Waals surface area contributed by atoms with Crippen molar-refractivity contribution < 1.29 is 9.84 Å². The fourth-order valence-corrected chi connectivity index (χ4v) is 1.03. The third-order valence-electron chi connectivity index (χ3n) is 1.61. The number of aliphatic hydroxyl groups is 1. The molecule has 0 radical (unpaired) electrons. The maximum absolute atomic E-state index is 9.13. The van der Waals surface area contributed by atoms with Crippen molar-refractivity contribution in [2.24, 2.45) is 0 Å². The monoisotopic (exact) mass is 200 g/mol. The molecule has 1 aromatic rings. The summed E-state index contributed by atoms with van der Waals surface area (Å²) in [5.74, 6) is 0.968. The van der Waals surface area contributed by atoms with E-state index in [1.165, 1.54) is 0 Å². The first-order valence-electron chi connectivity index (χ1n) is 4.16. The molecule has 1 rings (SSSR count). The number of aliphatic hydroxyl groups excluding tert-OH is 1. The van der Waals surface area contributed by atoms with E-state index >= 15 is 0 Å². The predicted molar refractivity (Wildman–Crippen MR) is 53.4 cm³/mol. The van der Waals surface area contributed by atoms with E-state index in [0.717, 1.165) is 11.3 Å². The average molecular weight is 201 g/mol. The zero-order valence-corrected chi connectivity index (χ0v) is 8.29. The van der Waals surface area contributed by atoms with E-state index in [-0.39, 0.29) is 12.5 Å². The van der Waals surface area contributed by atoms with E-state index in [0.29, 0.717) is 0 Å². The normalized spacial score (nSPS) is 12.5. The van der Waals surface area contributed by atoms with E-state index in [1.807, 2.05) is 31.2 Å².